The zero-order chi connectivity index (χ0) is 27.2. The first kappa shape index (κ1) is 26.9. The third kappa shape index (κ3) is 6.06. The fraction of sp³-hybridized carbons (Fsp3) is 0.458. The molecule has 4 rings (SSSR count). The van der Waals surface area contributed by atoms with Crippen molar-refractivity contribution in [2.75, 3.05) is 0 Å². The molecule has 1 atom stereocenters. The molecule has 1 unspecified atom stereocenters. The van der Waals surface area contributed by atoms with Gasteiger partial charge < -0.3 is 9.51 Å². The number of halogens is 3. The summed E-state index contributed by atoms with van der Waals surface area (Å²) in [5.41, 5.74) is -2.53. The summed E-state index contributed by atoms with van der Waals surface area (Å²) in [5.74, 6) is 0.368. The number of aromatic amines is 1. The summed E-state index contributed by atoms with van der Waals surface area (Å²) < 4.78 is 46.2. The number of nitrogens with zero attached hydrogens (tertiary/aromatic N) is 6. The molecule has 0 saturated carbocycles. The van der Waals surface area contributed by atoms with Crippen molar-refractivity contribution in [3.05, 3.63) is 67.2 Å². The van der Waals surface area contributed by atoms with Gasteiger partial charge in [-0.15, -0.1) is 0 Å². The van der Waals surface area contributed by atoms with Gasteiger partial charge in [0.05, 0.1) is 0 Å². The molecule has 0 fully saturated rings. The van der Waals surface area contributed by atoms with Gasteiger partial charge in [0.15, 0.2) is 17.5 Å². The fourth-order valence-electron chi connectivity index (χ4n) is 4.00. The van der Waals surface area contributed by atoms with E-state index in [2.05, 4.69) is 25.1 Å². The number of rotatable bonds is 12. The number of alkyl halides is 3. The second-order valence-corrected chi connectivity index (χ2v) is 8.73. The molecule has 0 aromatic carbocycles. The number of pyridine rings is 1. The van der Waals surface area contributed by atoms with Crippen molar-refractivity contribution in [3.63, 3.8) is 0 Å². The lowest BCUT2D eigenvalue weighted by Gasteiger charge is -2.14. The third-order valence-electron chi connectivity index (χ3n) is 5.91. The van der Waals surface area contributed by atoms with Gasteiger partial charge in [0.25, 0.3) is 17.0 Å². The Morgan fingerprint density at radius 3 is 2.47 bits per heavy atom. The Bertz CT molecular complexity index is 1560. The number of H-pyrrole nitrogens is 1. The summed E-state index contributed by atoms with van der Waals surface area (Å²) in [6.07, 6.45) is -1.34. The maximum absolute atomic E-state index is 13.9. The molecule has 1 N–H and O–H groups in total. The summed E-state index contributed by atoms with van der Waals surface area (Å²) in [4.78, 5) is 53.7. The topological polar surface area (TPSA) is 142 Å². The van der Waals surface area contributed by atoms with Crippen molar-refractivity contribution < 1.29 is 17.7 Å². The Morgan fingerprint density at radius 2 is 1.76 bits per heavy atom. The number of hydrogen-bond donors (Lipinski definition) is 1. The quantitative estimate of drug-likeness (QED) is 0.274. The van der Waals surface area contributed by atoms with E-state index in [1.165, 1.54) is 0 Å². The van der Waals surface area contributed by atoms with Crippen molar-refractivity contribution in [2.45, 2.75) is 71.1 Å². The minimum atomic E-state index is -2.49. The van der Waals surface area contributed by atoms with E-state index in [1.54, 1.807) is 24.4 Å². The molecule has 4 aromatic rings. The molecule has 38 heavy (non-hydrogen) atoms. The van der Waals surface area contributed by atoms with Crippen LogP contribution in [-0.2, 0) is 19.5 Å². The van der Waals surface area contributed by atoms with E-state index in [9.17, 15) is 27.6 Å². The van der Waals surface area contributed by atoms with Crippen LogP contribution in [0.4, 0.5) is 13.2 Å². The van der Waals surface area contributed by atoms with Gasteiger partial charge in [0.2, 0.25) is 6.43 Å². The second kappa shape index (κ2) is 12.0. The Balaban J connectivity index is 1.55. The SMILES string of the molecule is CC(F)c1nc2c(=O)n(CCCCc3noc(-c4ccccn4)n3)c(=O)n(CCCCC(F)F)c2c(=O)[nH]1. The predicted octanol–water partition coefficient (Wildman–Crippen LogP) is 3.18. The summed E-state index contributed by atoms with van der Waals surface area (Å²) in [5, 5.41) is 3.92. The Labute approximate surface area is 213 Å². The zero-order valence-corrected chi connectivity index (χ0v) is 20.6. The van der Waals surface area contributed by atoms with Crippen molar-refractivity contribution in [2.24, 2.45) is 0 Å². The lowest BCUT2D eigenvalue weighted by Crippen LogP contribution is -2.42. The van der Waals surface area contributed by atoms with Gasteiger partial charge in [-0.1, -0.05) is 11.2 Å². The van der Waals surface area contributed by atoms with Crippen molar-refractivity contribution in [3.8, 4) is 11.6 Å². The van der Waals surface area contributed by atoms with Crippen LogP contribution in [0, 0.1) is 0 Å². The van der Waals surface area contributed by atoms with Crippen LogP contribution in [0.2, 0.25) is 0 Å². The summed E-state index contributed by atoms with van der Waals surface area (Å²) in [6, 6.07) is 5.28. The van der Waals surface area contributed by atoms with Crippen molar-refractivity contribution >= 4 is 11.0 Å². The smallest absolute Gasteiger partial charge is 0.331 e. The largest absolute Gasteiger partial charge is 0.332 e. The molecule has 0 aliphatic carbocycles. The van der Waals surface area contributed by atoms with Crippen LogP contribution in [0.1, 0.15) is 56.8 Å². The lowest BCUT2D eigenvalue weighted by atomic mass is 10.2. The van der Waals surface area contributed by atoms with Crippen LogP contribution < -0.4 is 16.8 Å². The first-order valence-electron chi connectivity index (χ1n) is 12.2. The molecule has 0 bridgehead atoms. The molecule has 14 heteroatoms. The molecule has 0 saturated heterocycles. The van der Waals surface area contributed by atoms with Gasteiger partial charge >= 0.3 is 5.69 Å². The van der Waals surface area contributed by atoms with Crippen LogP contribution in [0.25, 0.3) is 22.6 Å². The van der Waals surface area contributed by atoms with E-state index in [-0.39, 0.29) is 55.1 Å². The van der Waals surface area contributed by atoms with E-state index in [0.717, 1.165) is 16.1 Å². The average molecular weight is 534 g/mol. The van der Waals surface area contributed by atoms with Crippen molar-refractivity contribution in [1.29, 1.82) is 0 Å². The van der Waals surface area contributed by atoms with E-state index in [0.29, 0.717) is 30.8 Å². The van der Waals surface area contributed by atoms with Crippen LogP contribution in [0.3, 0.4) is 0 Å². The van der Waals surface area contributed by atoms with Gasteiger partial charge in [-0.25, -0.2) is 22.9 Å². The van der Waals surface area contributed by atoms with Crippen LogP contribution in [-0.4, -0.2) is 40.7 Å². The van der Waals surface area contributed by atoms with E-state index in [4.69, 9.17) is 4.52 Å². The summed E-state index contributed by atoms with van der Waals surface area (Å²) in [6.45, 7) is 1.07. The van der Waals surface area contributed by atoms with Gasteiger partial charge in [-0.3, -0.25) is 23.7 Å². The predicted molar refractivity (Wildman–Crippen MR) is 131 cm³/mol. The van der Waals surface area contributed by atoms with E-state index >= 15 is 0 Å². The van der Waals surface area contributed by atoms with E-state index < -0.39 is 29.4 Å². The molecule has 0 aliphatic heterocycles. The maximum Gasteiger partial charge on any atom is 0.331 e. The lowest BCUT2D eigenvalue weighted by molar-refractivity contribution is 0.133. The molecule has 11 nitrogen and oxygen atoms in total. The van der Waals surface area contributed by atoms with Gasteiger partial charge in [0.1, 0.15) is 17.0 Å². The fourth-order valence-corrected chi connectivity index (χ4v) is 4.00. The molecule has 4 aromatic heterocycles. The Morgan fingerprint density at radius 1 is 1.00 bits per heavy atom. The van der Waals surface area contributed by atoms with Gasteiger partial charge in [0, 0.05) is 32.1 Å². The molecule has 4 heterocycles. The number of fused-ring (bicyclic) bond motifs is 1. The number of hydrogen-bond acceptors (Lipinski definition) is 8. The maximum atomic E-state index is 13.9. The van der Waals surface area contributed by atoms with Crippen LogP contribution in [0.15, 0.2) is 43.3 Å². The summed E-state index contributed by atoms with van der Waals surface area (Å²) >= 11 is 0. The van der Waals surface area contributed by atoms with Gasteiger partial charge in [-0.2, -0.15) is 4.98 Å². The standard InChI is InChI=1S/C24H26F3N7O4/c1-14(25)20-30-18-19(21(35)31-20)33(12-6-3-9-16(26)27)24(37)34(23(18)36)13-7-4-10-17-29-22(38-32-17)15-8-2-5-11-28-15/h2,5,8,11,14,16H,3-4,6-7,9-10,12-13H2,1H3,(H,30,31,35). The molecule has 0 amide bonds. The minimum Gasteiger partial charge on any atom is -0.332 e. The molecular formula is C24H26F3N7O4. The Hall–Kier alpha value is -4.10. The summed E-state index contributed by atoms with van der Waals surface area (Å²) in [7, 11) is 0. The van der Waals surface area contributed by atoms with Crippen LogP contribution in [0.5, 0.6) is 0 Å². The van der Waals surface area contributed by atoms with Crippen LogP contribution >= 0.6 is 0 Å². The highest BCUT2D eigenvalue weighted by molar-refractivity contribution is 5.72. The average Bonchev–Trinajstić information content (AvgIpc) is 3.37. The number of nitrogens with one attached hydrogen (secondary N) is 1. The second-order valence-electron chi connectivity index (χ2n) is 8.73. The van der Waals surface area contributed by atoms with E-state index in [1.807, 2.05) is 0 Å². The molecule has 0 spiro atoms. The van der Waals surface area contributed by atoms with Crippen molar-refractivity contribution in [1.82, 2.24) is 34.2 Å². The first-order chi connectivity index (χ1) is 18.3. The molecule has 202 valence electrons. The first-order valence-corrected chi connectivity index (χ1v) is 12.2. The normalized spacial score (nSPS) is 12.4. The number of unbranched alkanes of at least 4 members (excludes halogenated alkanes) is 2. The molecular weight excluding hydrogens is 507 g/mol. The monoisotopic (exact) mass is 533 g/mol. The highest BCUT2D eigenvalue weighted by Gasteiger charge is 2.20. The Kier molecular flexibility index (Phi) is 8.48. The number of aromatic nitrogens is 7. The molecule has 0 aliphatic rings. The van der Waals surface area contributed by atoms with Gasteiger partial charge in [-0.05, 0) is 44.7 Å². The third-order valence-corrected chi connectivity index (χ3v) is 5.91. The highest BCUT2D eigenvalue weighted by atomic mass is 19.3. The minimum absolute atomic E-state index is 0.00934. The zero-order valence-electron chi connectivity index (χ0n) is 20.6. The molecule has 0 radical (unpaired) electrons. The highest BCUT2D eigenvalue weighted by Crippen LogP contribution is 2.15. The number of aryl methyl sites for hydroxylation is 2.